The zero-order chi connectivity index (χ0) is 23.0. The second-order valence-corrected chi connectivity index (χ2v) is 6.88. The van der Waals surface area contributed by atoms with E-state index in [2.05, 4.69) is 10.1 Å². The summed E-state index contributed by atoms with van der Waals surface area (Å²) >= 11 is 0. The summed E-state index contributed by atoms with van der Waals surface area (Å²) in [7, 11) is 1.83. The largest absolute Gasteiger partial charge is 0.490 e. The van der Waals surface area contributed by atoms with Gasteiger partial charge in [-0.05, 0) is 50.2 Å². The lowest BCUT2D eigenvalue weighted by atomic mass is 10.1. The van der Waals surface area contributed by atoms with Crippen molar-refractivity contribution >= 4 is 17.3 Å². The van der Waals surface area contributed by atoms with Gasteiger partial charge in [0, 0.05) is 37.3 Å². The van der Waals surface area contributed by atoms with Gasteiger partial charge in [-0.2, -0.15) is 8.78 Å². The maximum absolute atomic E-state index is 12.5. The second kappa shape index (κ2) is 11.2. The van der Waals surface area contributed by atoms with Gasteiger partial charge in [-0.25, -0.2) is 0 Å². The molecule has 1 amide bonds. The number of carbonyl (C=O) groups excluding carboxylic acids is 1. The molecule has 0 spiro atoms. The van der Waals surface area contributed by atoms with Crippen LogP contribution in [0.1, 0.15) is 24.5 Å². The van der Waals surface area contributed by atoms with Crippen LogP contribution in [0.2, 0.25) is 0 Å². The average Bonchev–Trinajstić information content (AvgIpc) is 2.69. The number of alkyl halides is 2. The van der Waals surface area contributed by atoms with Gasteiger partial charge in [0.05, 0.1) is 11.5 Å². The topological polar surface area (TPSA) is 93.9 Å². The number of nitro groups is 1. The predicted molar refractivity (Wildman–Crippen MR) is 112 cm³/mol. The van der Waals surface area contributed by atoms with Crippen LogP contribution in [0.15, 0.2) is 36.4 Å². The lowest BCUT2D eigenvalue weighted by Crippen LogP contribution is -2.24. The Hall–Kier alpha value is -3.27. The molecule has 0 atom stereocenters. The first-order chi connectivity index (χ1) is 14.7. The van der Waals surface area contributed by atoms with Crippen LogP contribution in [0, 0.1) is 17.0 Å². The number of nitro benzene ring substituents is 1. The highest BCUT2D eigenvalue weighted by Crippen LogP contribution is 2.30. The standard InChI is InChI=1S/C21H25F2N3O5/c1-4-30-19-12-15(5-8-18(19)31-21(22)23)13-25(3)10-9-20(27)24-17-7-6-16(26(28)29)11-14(17)2/h5-8,11-12,21H,4,9-10,13H2,1-3H3,(H,24,27). The van der Waals surface area contributed by atoms with Crippen LogP contribution in [0.25, 0.3) is 0 Å². The Morgan fingerprint density at radius 3 is 2.58 bits per heavy atom. The third kappa shape index (κ3) is 7.49. The fraction of sp³-hybridized carbons (Fsp3) is 0.381. The third-order valence-corrected chi connectivity index (χ3v) is 4.39. The normalized spacial score (nSPS) is 10.9. The van der Waals surface area contributed by atoms with Crippen LogP contribution in [-0.4, -0.2) is 42.5 Å². The average molecular weight is 437 g/mol. The van der Waals surface area contributed by atoms with E-state index in [1.54, 1.807) is 26.0 Å². The van der Waals surface area contributed by atoms with E-state index in [1.807, 2.05) is 11.9 Å². The zero-order valence-electron chi connectivity index (χ0n) is 17.6. The molecule has 0 aliphatic heterocycles. The first-order valence-electron chi connectivity index (χ1n) is 9.63. The number of ether oxygens (including phenoxy) is 2. The molecule has 0 bridgehead atoms. The molecular weight excluding hydrogens is 412 g/mol. The lowest BCUT2D eigenvalue weighted by molar-refractivity contribution is -0.384. The quantitative estimate of drug-likeness (QED) is 0.415. The molecule has 2 aromatic rings. The molecule has 0 saturated carbocycles. The second-order valence-electron chi connectivity index (χ2n) is 6.88. The highest BCUT2D eigenvalue weighted by molar-refractivity contribution is 5.91. The number of rotatable bonds is 11. The minimum atomic E-state index is -2.94. The number of amides is 1. The van der Waals surface area contributed by atoms with E-state index in [0.717, 1.165) is 5.56 Å². The van der Waals surface area contributed by atoms with Crippen LogP contribution in [0.5, 0.6) is 11.5 Å². The van der Waals surface area contributed by atoms with Crippen LogP contribution in [-0.2, 0) is 11.3 Å². The molecule has 0 aliphatic rings. The van der Waals surface area contributed by atoms with Gasteiger partial charge in [0.25, 0.3) is 5.69 Å². The first kappa shape index (κ1) is 24.0. The Bertz CT molecular complexity index is 924. The van der Waals surface area contributed by atoms with Gasteiger partial charge in [-0.15, -0.1) is 0 Å². The van der Waals surface area contributed by atoms with E-state index in [9.17, 15) is 23.7 Å². The molecule has 0 unspecified atom stereocenters. The summed E-state index contributed by atoms with van der Waals surface area (Å²) < 4.78 is 34.9. The minimum Gasteiger partial charge on any atom is -0.490 e. The van der Waals surface area contributed by atoms with Crippen molar-refractivity contribution in [2.75, 3.05) is 25.5 Å². The number of benzene rings is 2. The van der Waals surface area contributed by atoms with Crippen molar-refractivity contribution in [1.82, 2.24) is 4.90 Å². The summed E-state index contributed by atoms with van der Waals surface area (Å²) in [5.74, 6) is -0.0133. The SMILES string of the molecule is CCOc1cc(CN(C)CCC(=O)Nc2ccc([N+](=O)[O-])cc2C)ccc1OC(F)F. The Morgan fingerprint density at radius 1 is 1.23 bits per heavy atom. The Morgan fingerprint density at radius 2 is 1.97 bits per heavy atom. The Kier molecular flexibility index (Phi) is 8.68. The number of nitrogens with zero attached hydrogens (tertiary/aromatic N) is 2. The molecule has 0 fully saturated rings. The molecule has 8 nitrogen and oxygen atoms in total. The fourth-order valence-corrected chi connectivity index (χ4v) is 2.91. The number of carbonyl (C=O) groups is 1. The molecule has 2 aromatic carbocycles. The molecule has 0 aliphatic carbocycles. The molecule has 1 N–H and O–H groups in total. The summed E-state index contributed by atoms with van der Waals surface area (Å²) in [4.78, 5) is 24.5. The third-order valence-electron chi connectivity index (χ3n) is 4.39. The van der Waals surface area contributed by atoms with Gasteiger partial charge in [0.1, 0.15) is 0 Å². The number of hydrogen-bond acceptors (Lipinski definition) is 6. The summed E-state index contributed by atoms with van der Waals surface area (Å²) in [6.07, 6.45) is 0.206. The highest BCUT2D eigenvalue weighted by Gasteiger charge is 2.14. The van der Waals surface area contributed by atoms with Crippen LogP contribution < -0.4 is 14.8 Å². The summed E-state index contributed by atoms with van der Waals surface area (Å²) in [5.41, 5.74) is 1.91. The fourth-order valence-electron chi connectivity index (χ4n) is 2.91. The first-order valence-corrected chi connectivity index (χ1v) is 9.63. The zero-order valence-corrected chi connectivity index (χ0v) is 17.6. The number of hydrogen-bond donors (Lipinski definition) is 1. The van der Waals surface area contributed by atoms with E-state index in [0.29, 0.717) is 30.9 Å². The minimum absolute atomic E-state index is 0.0268. The van der Waals surface area contributed by atoms with Gasteiger partial charge >= 0.3 is 6.61 Å². The van der Waals surface area contributed by atoms with E-state index >= 15 is 0 Å². The molecule has 10 heteroatoms. The van der Waals surface area contributed by atoms with Gasteiger partial charge in [-0.1, -0.05) is 6.07 Å². The van der Waals surface area contributed by atoms with Crippen molar-refractivity contribution in [2.45, 2.75) is 33.4 Å². The van der Waals surface area contributed by atoms with Crippen LogP contribution in [0.4, 0.5) is 20.2 Å². The highest BCUT2D eigenvalue weighted by atomic mass is 19.3. The van der Waals surface area contributed by atoms with E-state index in [1.165, 1.54) is 24.3 Å². The molecule has 0 radical (unpaired) electrons. The number of non-ortho nitro benzene ring substituents is 1. The maximum Gasteiger partial charge on any atom is 0.387 e. The molecule has 2 rings (SSSR count). The summed E-state index contributed by atoms with van der Waals surface area (Å²) in [6, 6.07) is 8.98. The smallest absolute Gasteiger partial charge is 0.387 e. The van der Waals surface area contributed by atoms with Gasteiger partial charge in [0.2, 0.25) is 5.91 Å². The lowest BCUT2D eigenvalue weighted by Gasteiger charge is -2.18. The van der Waals surface area contributed by atoms with Crippen molar-refractivity contribution in [3.8, 4) is 11.5 Å². The maximum atomic E-state index is 12.5. The van der Waals surface area contributed by atoms with Crippen molar-refractivity contribution in [3.63, 3.8) is 0 Å². The molecule has 168 valence electrons. The van der Waals surface area contributed by atoms with E-state index in [4.69, 9.17) is 4.74 Å². The predicted octanol–water partition coefficient (Wildman–Crippen LogP) is 4.36. The van der Waals surface area contributed by atoms with Crippen molar-refractivity contribution < 1.29 is 28.0 Å². The Balaban J connectivity index is 1.91. The van der Waals surface area contributed by atoms with Crippen molar-refractivity contribution in [2.24, 2.45) is 0 Å². The molecule has 0 aromatic heterocycles. The monoisotopic (exact) mass is 437 g/mol. The number of nitrogens with one attached hydrogen (secondary N) is 1. The number of anilines is 1. The molecule has 31 heavy (non-hydrogen) atoms. The summed E-state index contributed by atoms with van der Waals surface area (Å²) in [5, 5.41) is 13.6. The van der Waals surface area contributed by atoms with E-state index in [-0.39, 0.29) is 29.5 Å². The Labute approximate surface area is 178 Å². The molecular formula is C21H25F2N3O5. The van der Waals surface area contributed by atoms with Crippen LogP contribution in [0.3, 0.4) is 0 Å². The molecule has 0 saturated heterocycles. The van der Waals surface area contributed by atoms with E-state index < -0.39 is 11.5 Å². The van der Waals surface area contributed by atoms with Crippen molar-refractivity contribution in [1.29, 1.82) is 0 Å². The van der Waals surface area contributed by atoms with Gasteiger partial charge < -0.3 is 19.7 Å². The van der Waals surface area contributed by atoms with Gasteiger partial charge in [-0.3, -0.25) is 14.9 Å². The van der Waals surface area contributed by atoms with Crippen LogP contribution >= 0.6 is 0 Å². The number of aryl methyl sites for hydroxylation is 1. The summed E-state index contributed by atoms with van der Waals surface area (Å²) in [6.45, 7) is 1.71. The van der Waals surface area contributed by atoms with Gasteiger partial charge in [0.15, 0.2) is 11.5 Å². The number of halogens is 2. The molecule has 0 heterocycles. The van der Waals surface area contributed by atoms with Crippen molar-refractivity contribution in [3.05, 3.63) is 57.6 Å².